The fraction of sp³-hybridized carbons (Fsp3) is 0.273. The number of hydrogen-bond acceptors (Lipinski definition) is 5. The first kappa shape index (κ1) is 19.1. The van der Waals surface area contributed by atoms with Crippen LogP contribution in [0.5, 0.6) is 0 Å². The van der Waals surface area contributed by atoms with E-state index >= 15 is 0 Å². The third-order valence-electron chi connectivity index (χ3n) is 4.81. The Bertz CT molecular complexity index is 1140. The number of aromatic amines is 1. The standard InChI is InChI=1S/C22H23N3OS2/c1-13(2)20(15-7-5-4-6-8-15)23-11-18-24-21(26)19-16(12-27-22(19)25-18)17-10-9-14(3)28-17/h4-10,12-13,20,23H,11H2,1-3H3,(H,24,25,26)/t20-/m1/s1. The molecule has 4 rings (SSSR count). The second-order valence-electron chi connectivity index (χ2n) is 7.27. The lowest BCUT2D eigenvalue weighted by Gasteiger charge is -2.22. The first-order chi connectivity index (χ1) is 13.5. The zero-order valence-corrected chi connectivity index (χ0v) is 17.8. The summed E-state index contributed by atoms with van der Waals surface area (Å²) in [5.74, 6) is 1.10. The number of hydrogen-bond donors (Lipinski definition) is 2. The number of nitrogens with one attached hydrogen (secondary N) is 2. The van der Waals surface area contributed by atoms with Crippen LogP contribution in [-0.4, -0.2) is 9.97 Å². The number of H-pyrrole nitrogens is 1. The van der Waals surface area contributed by atoms with Gasteiger partial charge in [-0.25, -0.2) is 4.98 Å². The van der Waals surface area contributed by atoms with Crippen LogP contribution in [0.15, 0.2) is 52.6 Å². The number of fused-ring (bicyclic) bond motifs is 1. The monoisotopic (exact) mass is 409 g/mol. The zero-order chi connectivity index (χ0) is 19.7. The molecular formula is C22H23N3OS2. The number of aromatic nitrogens is 2. The van der Waals surface area contributed by atoms with E-state index in [4.69, 9.17) is 4.98 Å². The van der Waals surface area contributed by atoms with Crippen molar-refractivity contribution in [3.8, 4) is 10.4 Å². The Morgan fingerprint density at radius 3 is 2.61 bits per heavy atom. The quantitative estimate of drug-likeness (QED) is 0.441. The van der Waals surface area contributed by atoms with Crippen molar-refractivity contribution in [3.63, 3.8) is 0 Å². The average molecular weight is 410 g/mol. The summed E-state index contributed by atoms with van der Waals surface area (Å²) in [7, 11) is 0. The number of rotatable bonds is 6. The lowest BCUT2D eigenvalue weighted by Crippen LogP contribution is -2.27. The Balaban J connectivity index is 1.61. The molecule has 6 heteroatoms. The molecule has 0 amide bonds. The van der Waals surface area contributed by atoms with Crippen LogP contribution in [0.4, 0.5) is 0 Å². The van der Waals surface area contributed by atoms with Crippen LogP contribution in [0.3, 0.4) is 0 Å². The van der Waals surface area contributed by atoms with Crippen LogP contribution in [0.25, 0.3) is 20.7 Å². The summed E-state index contributed by atoms with van der Waals surface area (Å²) in [6, 6.07) is 14.8. The topological polar surface area (TPSA) is 57.8 Å². The highest BCUT2D eigenvalue weighted by atomic mass is 32.1. The Kier molecular flexibility index (Phi) is 5.44. The van der Waals surface area contributed by atoms with Crippen molar-refractivity contribution in [3.05, 3.63) is 74.5 Å². The van der Waals surface area contributed by atoms with Gasteiger partial charge in [0, 0.05) is 26.7 Å². The molecule has 0 saturated carbocycles. The maximum atomic E-state index is 12.8. The second-order valence-corrected chi connectivity index (χ2v) is 9.41. The summed E-state index contributed by atoms with van der Waals surface area (Å²) in [4.78, 5) is 23.6. The molecule has 4 aromatic rings. The molecule has 3 aromatic heterocycles. The van der Waals surface area contributed by atoms with Gasteiger partial charge in [-0.3, -0.25) is 4.79 Å². The highest BCUT2D eigenvalue weighted by Crippen LogP contribution is 2.35. The molecule has 0 spiro atoms. The third-order valence-corrected chi connectivity index (χ3v) is 6.72. The van der Waals surface area contributed by atoms with Crippen molar-refractivity contribution in [2.75, 3.05) is 0 Å². The number of aryl methyl sites for hydroxylation is 1. The predicted molar refractivity (Wildman–Crippen MR) is 119 cm³/mol. The molecule has 0 radical (unpaired) electrons. The molecule has 2 N–H and O–H groups in total. The lowest BCUT2D eigenvalue weighted by molar-refractivity contribution is 0.406. The molecule has 1 aromatic carbocycles. The van der Waals surface area contributed by atoms with Crippen molar-refractivity contribution in [2.24, 2.45) is 5.92 Å². The van der Waals surface area contributed by atoms with Gasteiger partial charge >= 0.3 is 0 Å². The Hall–Kier alpha value is -2.28. The van der Waals surface area contributed by atoms with E-state index in [1.807, 2.05) is 11.4 Å². The number of benzene rings is 1. The van der Waals surface area contributed by atoms with Gasteiger partial charge < -0.3 is 10.3 Å². The van der Waals surface area contributed by atoms with E-state index in [1.54, 1.807) is 11.3 Å². The maximum absolute atomic E-state index is 12.8. The van der Waals surface area contributed by atoms with Gasteiger partial charge in [-0.05, 0) is 30.5 Å². The van der Waals surface area contributed by atoms with E-state index in [9.17, 15) is 4.79 Å². The molecule has 3 heterocycles. The third kappa shape index (κ3) is 3.81. The fourth-order valence-corrected chi connectivity index (χ4v) is 5.37. The summed E-state index contributed by atoms with van der Waals surface area (Å²) in [6.45, 7) is 6.98. The smallest absolute Gasteiger partial charge is 0.260 e. The van der Waals surface area contributed by atoms with Crippen molar-refractivity contribution in [2.45, 2.75) is 33.4 Å². The minimum Gasteiger partial charge on any atom is -0.309 e. The van der Waals surface area contributed by atoms with E-state index in [0.29, 0.717) is 23.7 Å². The highest BCUT2D eigenvalue weighted by Gasteiger charge is 2.17. The minimum atomic E-state index is -0.0649. The van der Waals surface area contributed by atoms with Gasteiger partial charge in [0.05, 0.1) is 11.9 Å². The van der Waals surface area contributed by atoms with Crippen LogP contribution in [-0.2, 0) is 6.54 Å². The second kappa shape index (κ2) is 7.99. The van der Waals surface area contributed by atoms with Crippen molar-refractivity contribution in [1.29, 1.82) is 0 Å². The Labute approximate surface area is 172 Å². The highest BCUT2D eigenvalue weighted by molar-refractivity contribution is 7.19. The number of thiophene rings is 2. The molecule has 0 unspecified atom stereocenters. The molecule has 4 nitrogen and oxygen atoms in total. The summed E-state index contributed by atoms with van der Waals surface area (Å²) in [5, 5.41) is 6.29. The van der Waals surface area contributed by atoms with Gasteiger partial charge in [-0.15, -0.1) is 22.7 Å². The predicted octanol–water partition coefficient (Wildman–Crippen LogP) is 5.51. The van der Waals surface area contributed by atoms with Crippen molar-refractivity contribution in [1.82, 2.24) is 15.3 Å². The summed E-state index contributed by atoms with van der Waals surface area (Å²) in [5.41, 5.74) is 2.16. The van der Waals surface area contributed by atoms with Crippen LogP contribution < -0.4 is 10.9 Å². The molecule has 0 saturated heterocycles. The van der Waals surface area contributed by atoms with Gasteiger partial charge in [-0.1, -0.05) is 44.2 Å². The molecule has 0 fully saturated rings. The van der Waals surface area contributed by atoms with E-state index in [0.717, 1.165) is 15.3 Å². The minimum absolute atomic E-state index is 0.0649. The van der Waals surface area contributed by atoms with Crippen molar-refractivity contribution >= 4 is 32.9 Å². The molecule has 28 heavy (non-hydrogen) atoms. The Morgan fingerprint density at radius 1 is 1.14 bits per heavy atom. The first-order valence-corrected chi connectivity index (χ1v) is 11.1. The summed E-state index contributed by atoms with van der Waals surface area (Å²) < 4.78 is 0. The van der Waals surface area contributed by atoms with E-state index in [2.05, 4.69) is 67.5 Å². The molecule has 0 aliphatic heterocycles. The molecule has 0 bridgehead atoms. The summed E-state index contributed by atoms with van der Waals surface area (Å²) in [6.07, 6.45) is 0. The molecular weight excluding hydrogens is 386 g/mol. The molecule has 0 aliphatic carbocycles. The molecule has 1 atom stereocenters. The van der Waals surface area contributed by atoms with E-state index in [1.165, 1.54) is 21.8 Å². The SMILES string of the molecule is Cc1ccc(-c2csc3nc(CN[C@@H](c4ccccc4)C(C)C)[nH]c(=O)c23)s1. The van der Waals surface area contributed by atoms with E-state index in [-0.39, 0.29) is 11.6 Å². The average Bonchev–Trinajstić information content (AvgIpc) is 3.29. The van der Waals surface area contributed by atoms with Crippen molar-refractivity contribution < 1.29 is 0 Å². The van der Waals surface area contributed by atoms with E-state index < -0.39 is 0 Å². The van der Waals surface area contributed by atoms with Gasteiger partial charge in [0.1, 0.15) is 10.7 Å². The lowest BCUT2D eigenvalue weighted by atomic mass is 9.96. The van der Waals surface area contributed by atoms with Crippen LogP contribution in [0, 0.1) is 12.8 Å². The maximum Gasteiger partial charge on any atom is 0.260 e. The largest absolute Gasteiger partial charge is 0.309 e. The van der Waals surface area contributed by atoms with Gasteiger partial charge in [-0.2, -0.15) is 0 Å². The van der Waals surface area contributed by atoms with Gasteiger partial charge in [0.2, 0.25) is 0 Å². The Morgan fingerprint density at radius 2 is 1.93 bits per heavy atom. The van der Waals surface area contributed by atoms with Gasteiger partial charge in [0.15, 0.2) is 0 Å². The molecule has 0 aliphatic rings. The van der Waals surface area contributed by atoms with Crippen LogP contribution in [0.2, 0.25) is 0 Å². The normalized spacial score (nSPS) is 12.7. The molecule has 144 valence electrons. The van der Waals surface area contributed by atoms with Crippen LogP contribution in [0.1, 0.15) is 36.2 Å². The fourth-order valence-electron chi connectivity index (χ4n) is 3.44. The summed E-state index contributed by atoms with van der Waals surface area (Å²) >= 11 is 3.23. The van der Waals surface area contributed by atoms with Gasteiger partial charge in [0.25, 0.3) is 5.56 Å². The number of nitrogens with zero attached hydrogens (tertiary/aromatic N) is 1. The zero-order valence-electron chi connectivity index (χ0n) is 16.2. The first-order valence-electron chi connectivity index (χ1n) is 9.38. The van der Waals surface area contributed by atoms with Crippen LogP contribution >= 0.6 is 22.7 Å².